The maximum Gasteiger partial charge on any atom is 0.268 e. The van der Waals surface area contributed by atoms with Gasteiger partial charge in [0.25, 0.3) is 11.8 Å². The number of fused-ring (bicyclic) bond motifs is 4. The zero-order chi connectivity index (χ0) is 51.1. The number of rotatable bonds is 12. The second-order valence-electron chi connectivity index (χ2n) is 20.3. The Morgan fingerprint density at radius 2 is 1.04 bits per heavy atom. The second-order valence-corrected chi connectivity index (χ2v) is 21.2. The average molecular weight is 1010 g/mol. The molecule has 0 bridgehead atoms. The summed E-state index contributed by atoms with van der Waals surface area (Å²) in [6.45, 7) is 20.9. The van der Waals surface area contributed by atoms with Gasteiger partial charge in [-0.15, -0.1) is 0 Å². The molecule has 0 spiro atoms. The number of aromatic hydroxyl groups is 1. The summed E-state index contributed by atoms with van der Waals surface area (Å²) in [5.74, 6) is 2.04. The molecule has 0 aromatic heterocycles. The zero-order valence-corrected chi connectivity index (χ0v) is 42.9. The number of phenols is 1. The Hall–Kier alpha value is -6.82. The fourth-order valence-electron chi connectivity index (χ4n) is 10.3. The Bertz CT molecular complexity index is 2930. The molecule has 11 nitrogen and oxygen atoms in total. The first-order valence-corrected chi connectivity index (χ1v) is 25.4. The number of halogens is 2. The molecule has 1 N–H and O–H groups in total. The van der Waals surface area contributed by atoms with Crippen LogP contribution in [-0.2, 0) is 19.2 Å². The van der Waals surface area contributed by atoms with Crippen LogP contribution in [0.15, 0.2) is 122 Å². The average Bonchev–Trinajstić information content (AvgIpc) is 3.32. The van der Waals surface area contributed by atoms with Gasteiger partial charge in [-0.25, -0.2) is 0 Å². The van der Waals surface area contributed by atoms with Gasteiger partial charge in [0.05, 0.1) is 21.4 Å². The van der Waals surface area contributed by atoms with Crippen molar-refractivity contribution in [3.63, 3.8) is 0 Å². The number of likely N-dealkylation sites (tertiary alicyclic amines) is 2. The van der Waals surface area contributed by atoms with Crippen molar-refractivity contribution in [2.75, 3.05) is 49.1 Å². The van der Waals surface area contributed by atoms with E-state index in [2.05, 4.69) is 72.0 Å². The van der Waals surface area contributed by atoms with Crippen molar-refractivity contribution in [2.45, 2.75) is 59.7 Å². The zero-order valence-electron chi connectivity index (χ0n) is 41.4. The Morgan fingerprint density at radius 1 is 0.625 bits per heavy atom. The molecular weight excluding hydrogens is 948 g/mol. The summed E-state index contributed by atoms with van der Waals surface area (Å²) in [4.78, 5) is 57.8. The minimum absolute atomic E-state index is 0.0467. The lowest BCUT2D eigenvalue weighted by atomic mass is 9.94. The van der Waals surface area contributed by atoms with Gasteiger partial charge in [-0.1, -0.05) is 125 Å². The molecular formula is C59H60Cl2N4O7. The smallest absolute Gasteiger partial charge is 0.268 e. The van der Waals surface area contributed by atoms with Crippen LogP contribution < -0.4 is 19.3 Å². The van der Waals surface area contributed by atoms with Gasteiger partial charge in [0.15, 0.2) is 12.2 Å². The van der Waals surface area contributed by atoms with Gasteiger partial charge in [-0.2, -0.15) is 0 Å². The number of amides is 4. The van der Waals surface area contributed by atoms with Crippen LogP contribution in [0.3, 0.4) is 0 Å². The standard InChI is InChI=1S/C30H31ClN2O3.C29H29ClN2O4/c1-5-29(34)32-15-20(16-32)17-33-26-14-25(31)24(13-27(26)36-28(30(33)35)10-18(2)3)23-12-19(4)11-21-8-6-7-9-22(21)23;1-4-28(34)31-14-18(15-31)16-32-25-13-24(30)23(12-26(25)36-27(29(32)35)9-17(2)3)22-11-20(33)10-19-7-5-6-8-21(19)22/h5-9,11-14,18,20,28H,1,10,15-17H2,2-4H3;4-8,10-13,17-18,27,33H,1,9,14-16H2,2-3H3. The van der Waals surface area contributed by atoms with Crippen molar-refractivity contribution in [2.24, 2.45) is 23.7 Å². The van der Waals surface area contributed by atoms with Gasteiger partial charge in [-0.3, -0.25) is 19.2 Å². The van der Waals surface area contributed by atoms with E-state index in [1.54, 1.807) is 32.9 Å². The van der Waals surface area contributed by atoms with Crippen LogP contribution in [0.4, 0.5) is 11.4 Å². The summed E-state index contributed by atoms with van der Waals surface area (Å²) < 4.78 is 12.6. The summed E-state index contributed by atoms with van der Waals surface area (Å²) in [5, 5.41) is 15.5. The topological polar surface area (TPSA) is 120 Å². The van der Waals surface area contributed by atoms with Gasteiger partial charge in [0.1, 0.15) is 17.2 Å². The van der Waals surface area contributed by atoms with E-state index < -0.39 is 12.2 Å². The Morgan fingerprint density at radius 3 is 1.47 bits per heavy atom. The molecule has 0 aliphatic carbocycles. The lowest BCUT2D eigenvalue weighted by molar-refractivity contribution is -0.133. The quantitative estimate of drug-likeness (QED) is 0.121. The molecule has 372 valence electrons. The first kappa shape index (κ1) is 50.1. The Labute approximate surface area is 431 Å². The van der Waals surface area contributed by atoms with Crippen LogP contribution >= 0.6 is 23.2 Å². The molecule has 4 amide bonds. The normalized spacial score (nSPS) is 17.7. The predicted octanol–water partition coefficient (Wildman–Crippen LogP) is 11.9. The van der Waals surface area contributed by atoms with E-state index in [4.69, 9.17) is 32.7 Å². The van der Waals surface area contributed by atoms with Gasteiger partial charge >= 0.3 is 0 Å². The number of phenolic OH excluding ortho intramolecular Hbond substituents is 1. The lowest BCUT2D eigenvalue weighted by Gasteiger charge is -2.43. The molecule has 4 heterocycles. The summed E-state index contributed by atoms with van der Waals surface area (Å²) >= 11 is 13.7. The van der Waals surface area contributed by atoms with Crippen molar-refractivity contribution >= 4 is 79.8 Å². The number of aryl methyl sites for hydroxylation is 1. The molecule has 2 atom stereocenters. The van der Waals surface area contributed by atoms with Crippen LogP contribution in [0.2, 0.25) is 10.0 Å². The number of ether oxygens (including phenoxy) is 2. The van der Waals surface area contributed by atoms with Gasteiger partial charge in [0.2, 0.25) is 11.8 Å². The number of hydrogen-bond acceptors (Lipinski definition) is 7. The molecule has 0 saturated carbocycles. The number of benzene rings is 6. The Balaban J connectivity index is 0.000000178. The molecule has 2 saturated heterocycles. The van der Waals surface area contributed by atoms with Crippen molar-refractivity contribution in [1.82, 2.24) is 9.80 Å². The summed E-state index contributed by atoms with van der Waals surface area (Å²) in [7, 11) is 0. The highest BCUT2D eigenvalue weighted by Gasteiger charge is 2.41. The highest BCUT2D eigenvalue weighted by atomic mass is 35.5. The molecule has 4 aliphatic heterocycles. The molecule has 4 aliphatic rings. The van der Waals surface area contributed by atoms with Gasteiger partial charge < -0.3 is 34.2 Å². The Kier molecular flexibility index (Phi) is 14.4. The minimum atomic E-state index is -0.599. The van der Waals surface area contributed by atoms with E-state index in [1.165, 1.54) is 12.2 Å². The maximum absolute atomic E-state index is 13.5. The third-order valence-corrected chi connectivity index (χ3v) is 14.5. The SMILES string of the molecule is C=CC(=O)N1CC(CN2C(=O)C(CC(C)C)Oc3cc(-c4cc(C)cc5ccccc45)c(Cl)cc32)C1.C=CC(=O)N1CC(CN2C(=O)C(CC(C)C)Oc3cc(-c4cc(O)cc5ccccc45)c(Cl)cc32)C1. The molecule has 0 radical (unpaired) electrons. The van der Waals surface area contributed by atoms with Gasteiger partial charge in [-0.05, 0) is 118 Å². The van der Waals surface area contributed by atoms with Crippen LogP contribution in [0, 0.1) is 30.6 Å². The number of anilines is 2. The summed E-state index contributed by atoms with van der Waals surface area (Å²) in [6.07, 6.45) is 2.72. The first-order valence-electron chi connectivity index (χ1n) is 24.7. The predicted molar refractivity (Wildman–Crippen MR) is 288 cm³/mol. The van der Waals surface area contributed by atoms with Crippen molar-refractivity contribution in [3.05, 3.63) is 138 Å². The van der Waals surface area contributed by atoms with Gasteiger partial charge in [0, 0.05) is 62.2 Å². The maximum atomic E-state index is 13.5. The van der Waals surface area contributed by atoms with Crippen LogP contribution in [0.25, 0.3) is 43.8 Å². The summed E-state index contributed by atoms with van der Waals surface area (Å²) in [6, 6.07) is 31.3. The number of carbonyl (C=O) groups excluding carboxylic acids is 4. The summed E-state index contributed by atoms with van der Waals surface area (Å²) in [5.41, 5.74) is 5.93. The van der Waals surface area contributed by atoms with E-state index in [0.717, 1.165) is 49.4 Å². The molecule has 10 rings (SSSR count). The van der Waals surface area contributed by atoms with E-state index in [-0.39, 0.29) is 47.1 Å². The molecule has 2 unspecified atom stereocenters. The highest BCUT2D eigenvalue weighted by molar-refractivity contribution is 6.35. The van der Waals surface area contributed by atoms with Crippen LogP contribution in [0.1, 0.15) is 46.1 Å². The van der Waals surface area contributed by atoms with Crippen LogP contribution in [-0.4, -0.2) is 90.0 Å². The molecule has 6 aromatic rings. The minimum Gasteiger partial charge on any atom is -0.508 e. The van der Waals surface area contributed by atoms with E-state index in [0.29, 0.717) is 90.9 Å². The van der Waals surface area contributed by atoms with E-state index >= 15 is 0 Å². The molecule has 2 fully saturated rings. The highest BCUT2D eigenvalue weighted by Crippen LogP contribution is 2.47. The monoisotopic (exact) mass is 1010 g/mol. The first-order chi connectivity index (χ1) is 34.5. The lowest BCUT2D eigenvalue weighted by Crippen LogP contribution is -2.56. The molecule has 6 aromatic carbocycles. The molecule has 72 heavy (non-hydrogen) atoms. The molecule has 13 heteroatoms. The van der Waals surface area contributed by atoms with Crippen molar-refractivity contribution in [3.8, 4) is 39.5 Å². The van der Waals surface area contributed by atoms with E-state index in [9.17, 15) is 24.3 Å². The van der Waals surface area contributed by atoms with Crippen molar-refractivity contribution < 1.29 is 33.8 Å². The van der Waals surface area contributed by atoms with E-state index in [1.807, 2.05) is 59.5 Å². The fourth-order valence-corrected chi connectivity index (χ4v) is 10.9. The largest absolute Gasteiger partial charge is 0.508 e. The second kappa shape index (κ2) is 20.7. The number of nitrogens with zero attached hydrogens (tertiary/aromatic N) is 4. The third-order valence-electron chi connectivity index (χ3n) is 13.9. The third kappa shape index (κ3) is 10.1. The number of carbonyl (C=O) groups is 4. The van der Waals surface area contributed by atoms with Crippen molar-refractivity contribution in [1.29, 1.82) is 0 Å². The fraction of sp³-hybridized carbons (Fsp3) is 0.322. The van der Waals surface area contributed by atoms with Crippen LogP contribution in [0.5, 0.6) is 17.2 Å². The number of hydrogen-bond donors (Lipinski definition) is 1.